The molecule has 0 saturated heterocycles. The molecule has 0 bridgehead atoms. The third kappa shape index (κ3) is 3.98. The van der Waals surface area contributed by atoms with Gasteiger partial charge in [-0.15, -0.1) is 0 Å². The maximum atomic E-state index is 13.5. The van der Waals surface area contributed by atoms with Crippen LogP contribution in [0.15, 0.2) is 32.3 Å². The number of hydrogen-bond acceptors (Lipinski definition) is 4. The minimum absolute atomic E-state index is 0.0412. The standard InChI is InChI=1S/C16H18BrFN4O3/c1-3-4-5-22-13(19)12(14(23)20-16(22)25)21(2)15(24)9-6-10(17)8-11(18)7-9/h6-8H,3-5,19H2,1-2H3,(H,20,23,25). The van der Waals surface area contributed by atoms with E-state index in [1.54, 1.807) is 0 Å². The SMILES string of the molecule is CCCCn1c(N)c(N(C)C(=O)c2cc(F)cc(Br)c2)c(=O)[nH]c1=O. The number of benzene rings is 1. The van der Waals surface area contributed by atoms with E-state index in [9.17, 15) is 18.8 Å². The average Bonchev–Trinajstić information content (AvgIpc) is 2.52. The van der Waals surface area contributed by atoms with Crippen LogP contribution in [-0.2, 0) is 6.54 Å². The molecule has 1 amide bonds. The van der Waals surface area contributed by atoms with Crippen LogP contribution in [-0.4, -0.2) is 22.5 Å². The zero-order chi connectivity index (χ0) is 18.7. The smallest absolute Gasteiger partial charge is 0.330 e. The summed E-state index contributed by atoms with van der Waals surface area (Å²) >= 11 is 3.12. The summed E-state index contributed by atoms with van der Waals surface area (Å²) < 4.78 is 15.1. The zero-order valence-corrected chi connectivity index (χ0v) is 15.4. The fraction of sp³-hybridized carbons (Fsp3) is 0.312. The Balaban J connectivity index is 2.51. The molecule has 9 heteroatoms. The van der Waals surface area contributed by atoms with Crippen LogP contribution in [0.2, 0.25) is 0 Å². The van der Waals surface area contributed by atoms with Gasteiger partial charge >= 0.3 is 5.69 Å². The molecule has 25 heavy (non-hydrogen) atoms. The van der Waals surface area contributed by atoms with Gasteiger partial charge in [0.15, 0.2) is 5.69 Å². The summed E-state index contributed by atoms with van der Waals surface area (Å²) in [5, 5.41) is 0. The number of aromatic nitrogens is 2. The summed E-state index contributed by atoms with van der Waals surface area (Å²) in [6.07, 6.45) is 1.51. The topological polar surface area (TPSA) is 101 Å². The number of carbonyl (C=O) groups is 1. The van der Waals surface area contributed by atoms with Gasteiger partial charge in [0.05, 0.1) is 0 Å². The molecular formula is C16H18BrFN4O3. The molecule has 0 aliphatic heterocycles. The number of aromatic amines is 1. The van der Waals surface area contributed by atoms with Crippen LogP contribution in [0, 0.1) is 5.82 Å². The van der Waals surface area contributed by atoms with E-state index in [2.05, 4.69) is 20.9 Å². The van der Waals surface area contributed by atoms with Crippen LogP contribution in [0.3, 0.4) is 0 Å². The Hall–Kier alpha value is -2.42. The van der Waals surface area contributed by atoms with Crippen molar-refractivity contribution < 1.29 is 9.18 Å². The van der Waals surface area contributed by atoms with E-state index in [1.165, 1.54) is 23.7 Å². The molecule has 2 aromatic rings. The number of nitrogens with one attached hydrogen (secondary N) is 1. The van der Waals surface area contributed by atoms with Gasteiger partial charge in [0.2, 0.25) is 0 Å². The van der Waals surface area contributed by atoms with Crippen molar-refractivity contribution in [3.05, 3.63) is 54.9 Å². The van der Waals surface area contributed by atoms with E-state index >= 15 is 0 Å². The van der Waals surface area contributed by atoms with Gasteiger partial charge in [-0.3, -0.25) is 19.1 Å². The zero-order valence-electron chi connectivity index (χ0n) is 13.8. The minimum atomic E-state index is -0.776. The largest absolute Gasteiger partial charge is 0.383 e. The quantitative estimate of drug-likeness (QED) is 0.784. The highest BCUT2D eigenvalue weighted by atomic mass is 79.9. The summed E-state index contributed by atoms with van der Waals surface area (Å²) in [4.78, 5) is 39.9. The number of halogens is 2. The molecule has 7 nitrogen and oxygen atoms in total. The number of anilines is 2. The van der Waals surface area contributed by atoms with Crippen molar-refractivity contribution in [1.29, 1.82) is 0 Å². The lowest BCUT2D eigenvalue weighted by Gasteiger charge is -2.20. The van der Waals surface area contributed by atoms with Crippen molar-refractivity contribution >= 4 is 33.3 Å². The first-order valence-electron chi connectivity index (χ1n) is 7.63. The highest BCUT2D eigenvalue weighted by Gasteiger charge is 2.22. The Kier molecular flexibility index (Phi) is 5.78. The number of nitrogen functional groups attached to an aromatic ring is 1. The van der Waals surface area contributed by atoms with Gasteiger partial charge in [-0.2, -0.15) is 0 Å². The van der Waals surface area contributed by atoms with E-state index in [-0.39, 0.29) is 17.1 Å². The van der Waals surface area contributed by atoms with Gasteiger partial charge in [0.25, 0.3) is 11.5 Å². The normalized spacial score (nSPS) is 10.7. The van der Waals surface area contributed by atoms with Gasteiger partial charge in [-0.1, -0.05) is 29.3 Å². The minimum Gasteiger partial charge on any atom is -0.383 e. The monoisotopic (exact) mass is 412 g/mol. The molecule has 0 spiro atoms. The Morgan fingerprint density at radius 2 is 2.04 bits per heavy atom. The van der Waals surface area contributed by atoms with Gasteiger partial charge in [0, 0.05) is 23.6 Å². The second-order valence-corrected chi connectivity index (χ2v) is 6.44. The van der Waals surface area contributed by atoms with Crippen molar-refractivity contribution in [2.75, 3.05) is 17.7 Å². The van der Waals surface area contributed by atoms with Gasteiger partial charge < -0.3 is 10.6 Å². The number of carbonyl (C=O) groups excluding carboxylic acids is 1. The number of nitrogens with two attached hydrogens (primary N) is 1. The third-order valence-electron chi connectivity index (χ3n) is 3.70. The molecule has 0 aliphatic carbocycles. The van der Waals surface area contributed by atoms with Crippen LogP contribution in [0.1, 0.15) is 30.1 Å². The van der Waals surface area contributed by atoms with E-state index in [1.807, 2.05) is 6.92 Å². The predicted octanol–water partition coefficient (Wildman–Crippen LogP) is 2.10. The molecule has 1 aromatic heterocycles. The number of hydrogen-bond donors (Lipinski definition) is 2. The summed E-state index contributed by atoms with van der Waals surface area (Å²) in [6, 6.07) is 3.70. The van der Waals surface area contributed by atoms with Crippen molar-refractivity contribution in [1.82, 2.24) is 9.55 Å². The Bertz CT molecular complexity index is 902. The summed E-state index contributed by atoms with van der Waals surface area (Å²) in [5.74, 6) is -1.33. The molecule has 0 atom stereocenters. The first-order valence-corrected chi connectivity index (χ1v) is 8.42. The number of rotatable bonds is 5. The van der Waals surface area contributed by atoms with Crippen molar-refractivity contribution in [3.63, 3.8) is 0 Å². The second-order valence-electron chi connectivity index (χ2n) is 5.52. The fourth-order valence-electron chi connectivity index (χ4n) is 2.41. The number of unbranched alkanes of at least 4 members (excludes halogenated alkanes) is 1. The molecule has 2 rings (SSSR count). The molecule has 0 radical (unpaired) electrons. The van der Waals surface area contributed by atoms with E-state index in [0.717, 1.165) is 17.4 Å². The first-order chi connectivity index (χ1) is 11.8. The Morgan fingerprint density at radius 1 is 1.36 bits per heavy atom. The lowest BCUT2D eigenvalue weighted by atomic mass is 10.2. The molecule has 134 valence electrons. The first kappa shape index (κ1) is 18.9. The molecule has 0 fully saturated rings. The second kappa shape index (κ2) is 7.64. The number of H-pyrrole nitrogens is 1. The van der Waals surface area contributed by atoms with Crippen LogP contribution in [0.4, 0.5) is 15.9 Å². The third-order valence-corrected chi connectivity index (χ3v) is 4.16. The van der Waals surface area contributed by atoms with Crippen LogP contribution in [0.5, 0.6) is 0 Å². The maximum absolute atomic E-state index is 13.5. The highest BCUT2D eigenvalue weighted by Crippen LogP contribution is 2.20. The average molecular weight is 413 g/mol. The van der Waals surface area contributed by atoms with Gasteiger partial charge in [0.1, 0.15) is 11.6 Å². The lowest BCUT2D eigenvalue weighted by molar-refractivity contribution is 0.0992. The molecule has 0 saturated carbocycles. The van der Waals surface area contributed by atoms with E-state index in [0.29, 0.717) is 17.4 Å². The van der Waals surface area contributed by atoms with Crippen LogP contribution < -0.4 is 21.9 Å². The molecule has 1 heterocycles. The van der Waals surface area contributed by atoms with Crippen molar-refractivity contribution in [2.45, 2.75) is 26.3 Å². The van der Waals surface area contributed by atoms with Gasteiger partial charge in [-0.25, -0.2) is 9.18 Å². The summed E-state index contributed by atoms with van der Waals surface area (Å²) in [7, 11) is 1.34. The fourth-order valence-corrected chi connectivity index (χ4v) is 2.88. The van der Waals surface area contributed by atoms with Crippen LogP contribution >= 0.6 is 15.9 Å². The Morgan fingerprint density at radius 3 is 2.64 bits per heavy atom. The van der Waals surface area contributed by atoms with E-state index in [4.69, 9.17) is 5.73 Å². The van der Waals surface area contributed by atoms with Crippen molar-refractivity contribution in [2.24, 2.45) is 0 Å². The summed E-state index contributed by atoms with van der Waals surface area (Å²) in [5.41, 5.74) is 4.45. The van der Waals surface area contributed by atoms with Crippen LogP contribution in [0.25, 0.3) is 0 Å². The van der Waals surface area contributed by atoms with E-state index < -0.39 is 23.0 Å². The lowest BCUT2D eigenvalue weighted by Crippen LogP contribution is -2.39. The predicted molar refractivity (Wildman–Crippen MR) is 97.5 cm³/mol. The highest BCUT2D eigenvalue weighted by molar-refractivity contribution is 9.10. The molecule has 0 unspecified atom stereocenters. The number of nitrogens with zero attached hydrogens (tertiary/aromatic N) is 2. The number of amides is 1. The molecule has 0 aliphatic rings. The molecule has 1 aromatic carbocycles. The Labute approximate surface area is 151 Å². The summed E-state index contributed by atoms with van der Waals surface area (Å²) in [6.45, 7) is 2.27. The molecular weight excluding hydrogens is 395 g/mol. The molecule has 3 N–H and O–H groups in total. The van der Waals surface area contributed by atoms with Crippen molar-refractivity contribution in [3.8, 4) is 0 Å². The van der Waals surface area contributed by atoms with Gasteiger partial charge in [-0.05, 0) is 24.6 Å². The maximum Gasteiger partial charge on any atom is 0.330 e.